The minimum Gasteiger partial charge on any atom is -0.507 e. The number of anilines is 1. The third-order valence-electron chi connectivity index (χ3n) is 2.04. The van der Waals surface area contributed by atoms with Gasteiger partial charge in [0.1, 0.15) is 5.75 Å². The molecule has 0 spiro atoms. The Bertz CT molecular complexity index is 483. The molecule has 1 heterocycles. The number of aromatic hydroxyl groups is 1. The van der Waals surface area contributed by atoms with Gasteiger partial charge in [-0.25, -0.2) is 0 Å². The number of nitrogen functional groups attached to an aromatic ring is 1. The van der Waals surface area contributed by atoms with Crippen LogP contribution in [-0.4, -0.2) is 22.3 Å². The van der Waals surface area contributed by atoms with E-state index < -0.39 is 7.12 Å². The smallest absolute Gasteiger partial charge is 0.490 e. The second-order valence-electron chi connectivity index (χ2n) is 2.94. The lowest BCUT2D eigenvalue weighted by Crippen LogP contribution is -2.28. The Hall–Kier alpha value is -1.24. The van der Waals surface area contributed by atoms with Gasteiger partial charge < -0.3 is 20.9 Å². The van der Waals surface area contributed by atoms with Crippen LogP contribution in [-0.2, 0) is 0 Å². The molecule has 0 aliphatic rings. The van der Waals surface area contributed by atoms with Crippen molar-refractivity contribution < 1.29 is 15.2 Å². The topological polar surface area (TPSA) is 86.7 Å². The molecule has 6 heteroatoms. The number of benzene rings is 1. The van der Waals surface area contributed by atoms with Crippen LogP contribution in [0.15, 0.2) is 17.5 Å². The summed E-state index contributed by atoms with van der Waals surface area (Å²) < 4.78 is 0.674. The maximum Gasteiger partial charge on any atom is 0.490 e. The molecule has 0 radical (unpaired) electrons. The molecule has 0 saturated heterocycles. The Morgan fingerprint density at radius 3 is 2.64 bits per heavy atom. The Morgan fingerprint density at radius 1 is 1.29 bits per heavy atom. The minimum atomic E-state index is -1.59. The summed E-state index contributed by atoms with van der Waals surface area (Å²) in [5.74, 6) is 0.0125. The van der Waals surface area contributed by atoms with E-state index in [0.29, 0.717) is 15.8 Å². The Kier molecular flexibility index (Phi) is 2.11. The molecular weight excluding hydrogens is 201 g/mol. The molecule has 0 atom stereocenters. The monoisotopic (exact) mass is 209 g/mol. The van der Waals surface area contributed by atoms with Crippen LogP contribution in [0, 0.1) is 0 Å². The fraction of sp³-hybridized carbons (Fsp3) is 0. The third-order valence-corrected chi connectivity index (χ3v) is 3.08. The number of phenols is 1. The summed E-state index contributed by atoms with van der Waals surface area (Å²) >= 11 is 1.28. The maximum absolute atomic E-state index is 9.54. The predicted octanol–water partition coefficient (Wildman–Crippen LogP) is -0.131. The van der Waals surface area contributed by atoms with Crippen molar-refractivity contribution in [1.82, 2.24) is 0 Å². The van der Waals surface area contributed by atoms with Crippen LogP contribution in [0.2, 0.25) is 0 Å². The van der Waals surface area contributed by atoms with Crippen molar-refractivity contribution in [3.05, 3.63) is 17.5 Å². The van der Waals surface area contributed by atoms with E-state index in [9.17, 15) is 5.11 Å². The molecule has 0 amide bonds. The number of nitrogens with two attached hydrogens (primary N) is 1. The Morgan fingerprint density at radius 2 is 2.00 bits per heavy atom. The second kappa shape index (κ2) is 3.16. The fourth-order valence-corrected chi connectivity index (χ4v) is 2.39. The summed E-state index contributed by atoms with van der Waals surface area (Å²) in [7, 11) is -1.59. The van der Waals surface area contributed by atoms with Crippen molar-refractivity contribution in [2.24, 2.45) is 0 Å². The van der Waals surface area contributed by atoms with E-state index in [2.05, 4.69) is 0 Å². The molecule has 5 N–H and O–H groups in total. The molecule has 0 saturated carbocycles. The quantitative estimate of drug-likeness (QED) is 0.299. The molecule has 2 rings (SSSR count). The number of hydrogen-bond donors (Lipinski definition) is 4. The van der Waals surface area contributed by atoms with Gasteiger partial charge in [-0.3, -0.25) is 0 Å². The molecular formula is C8H8BNO3S. The highest BCUT2D eigenvalue weighted by Gasteiger charge is 2.19. The van der Waals surface area contributed by atoms with Gasteiger partial charge in [-0.1, -0.05) is 0 Å². The van der Waals surface area contributed by atoms with Gasteiger partial charge in [-0.15, -0.1) is 11.3 Å². The highest BCUT2D eigenvalue weighted by molar-refractivity contribution is 7.19. The molecule has 0 unspecified atom stereocenters. The van der Waals surface area contributed by atoms with E-state index in [0.717, 1.165) is 0 Å². The van der Waals surface area contributed by atoms with Crippen molar-refractivity contribution in [1.29, 1.82) is 0 Å². The van der Waals surface area contributed by atoms with Gasteiger partial charge in [0.15, 0.2) is 0 Å². The van der Waals surface area contributed by atoms with E-state index in [1.807, 2.05) is 0 Å². The fourth-order valence-electron chi connectivity index (χ4n) is 1.37. The maximum atomic E-state index is 9.54. The standard InChI is InChI=1S/C8H8BNO3S/c10-5-1-2-6(11)7-4(9(12)13)3-14-8(5)7/h1-3,11-13H,10H2. The predicted molar refractivity (Wildman–Crippen MR) is 57.7 cm³/mol. The molecule has 4 nitrogen and oxygen atoms in total. The van der Waals surface area contributed by atoms with Crippen molar-refractivity contribution in [2.45, 2.75) is 0 Å². The van der Waals surface area contributed by atoms with Crippen LogP contribution in [0.3, 0.4) is 0 Å². The molecule has 72 valence electrons. The zero-order chi connectivity index (χ0) is 10.3. The zero-order valence-electron chi connectivity index (χ0n) is 7.14. The van der Waals surface area contributed by atoms with Gasteiger partial charge in [-0.2, -0.15) is 0 Å². The van der Waals surface area contributed by atoms with Crippen LogP contribution >= 0.6 is 11.3 Å². The highest BCUT2D eigenvalue weighted by atomic mass is 32.1. The molecule has 14 heavy (non-hydrogen) atoms. The lowest BCUT2D eigenvalue weighted by atomic mass is 9.80. The lowest BCUT2D eigenvalue weighted by Gasteiger charge is -2.01. The average Bonchev–Trinajstić information content (AvgIpc) is 2.56. The van der Waals surface area contributed by atoms with Crippen LogP contribution in [0.5, 0.6) is 5.75 Å². The molecule has 0 aliphatic carbocycles. The normalized spacial score (nSPS) is 10.7. The summed E-state index contributed by atoms with van der Waals surface area (Å²) in [5.41, 5.74) is 6.48. The second-order valence-corrected chi connectivity index (χ2v) is 3.82. The Balaban J connectivity index is 2.84. The minimum absolute atomic E-state index is 0.0125. The number of fused-ring (bicyclic) bond motifs is 1. The lowest BCUT2D eigenvalue weighted by molar-refractivity contribution is 0.426. The van der Waals surface area contributed by atoms with Gasteiger partial charge in [0.05, 0.1) is 4.70 Å². The number of rotatable bonds is 1. The third kappa shape index (κ3) is 1.24. The average molecular weight is 209 g/mol. The van der Waals surface area contributed by atoms with Gasteiger partial charge in [0.25, 0.3) is 0 Å². The van der Waals surface area contributed by atoms with E-state index >= 15 is 0 Å². The first-order valence-corrected chi connectivity index (χ1v) is 4.84. The summed E-state index contributed by atoms with van der Waals surface area (Å²) in [5, 5.41) is 29.6. The van der Waals surface area contributed by atoms with Crippen LogP contribution in [0.25, 0.3) is 10.1 Å². The van der Waals surface area contributed by atoms with E-state index in [1.165, 1.54) is 17.4 Å². The van der Waals surface area contributed by atoms with Crippen molar-refractivity contribution in [2.75, 3.05) is 5.73 Å². The molecule has 0 aliphatic heterocycles. The zero-order valence-corrected chi connectivity index (χ0v) is 7.95. The first-order valence-electron chi connectivity index (χ1n) is 3.96. The van der Waals surface area contributed by atoms with E-state index in [-0.39, 0.29) is 11.2 Å². The number of phenolic OH excluding ortho intramolecular Hbond substituents is 1. The van der Waals surface area contributed by atoms with Crippen LogP contribution in [0.4, 0.5) is 5.69 Å². The number of hydrogen-bond acceptors (Lipinski definition) is 5. The van der Waals surface area contributed by atoms with Crippen LogP contribution in [0.1, 0.15) is 0 Å². The molecule has 1 aromatic heterocycles. The molecule has 0 fully saturated rings. The highest BCUT2D eigenvalue weighted by Crippen LogP contribution is 2.32. The molecule has 2 aromatic rings. The van der Waals surface area contributed by atoms with E-state index in [1.54, 1.807) is 11.4 Å². The first kappa shape index (κ1) is 9.33. The van der Waals surface area contributed by atoms with Crippen molar-refractivity contribution in [3.8, 4) is 5.75 Å². The Labute approximate surface area is 84.4 Å². The number of thiophene rings is 1. The summed E-state index contributed by atoms with van der Waals surface area (Å²) in [4.78, 5) is 0. The van der Waals surface area contributed by atoms with Gasteiger partial charge in [-0.05, 0) is 17.5 Å². The van der Waals surface area contributed by atoms with Gasteiger partial charge in [0.2, 0.25) is 0 Å². The van der Waals surface area contributed by atoms with Crippen LogP contribution < -0.4 is 11.2 Å². The summed E-state index contributed by atoms with van der Waals surface area (Å²) in [6.07, 6.45) is 0. The van der Waals surface area contributed by atoms with Gasteiger partial charge in [0, 0.05) is 16.5 Å². The summed E-state index contributed by atoms with van der Waals surface area (Å²) in [6.45, 7) is 0. The molecule has 1 aromatic carbocycles. The first-order chi connectivity index (χ1) is 6.61. The molecule has 0 bridgehead atoms. The van der Waals surface area contributed by atoms with Crippen molar-refractivity contribution in [3.63, 3.8) is 0 Å². The summed E-state index contributed by atoms with van der Waals surface area (Å²) in [6, 6.07) is 3.03. The largest absolute Gasteiger partial charge is 0.507 e. The van der Waals surface area contributed by atoms with E-state index in [4.69, 9.17) is 15.8 Å². The van der Waals surface area contributed by atoms with Gasteiger partial charge >= 0.3 is 7.12 Å². The van der Waals surface area contributed by atoms with Crippen molar-refractivity contribution >= 4 is 39.7 Å². The SMILES string of the molecule is Nc1ccc(O)c2c(B(O)O)csc12.